The lowest BCUT2D eigenvalue weighted by Crippen LogP contribution is -2.68. The van der Waals surface area contributed by atoms with E-state index >= 15 is 0 Å². The van der Waals surface area contributed by atoms with E-state index in [2.05, 4.69) is 42.8 Å². The molecular formula is C11H20IN3. The number of hydrogen-bond acceptors (Lipinski definition) is 3. The third kappa shape index (κ3) is 1.94. The van der Waals surface area contributed by atoms with E-state index in [1.54, 1.807) is 0 Å². The first-order valence-electron chi connectivity index (χ1n) is 6.11. The number of likely N-dealkylation sites (N-methyl/N-ethyl adjacent to an activating group) is 1. The van der Waals surface area contributed by atoms with Crippen molar-refractivity contribution in [2.75, 3.05) is 33.2 Å². The summed E-state index contributed by atoms with van der Waals surface area (Å²) in [4.78, 5) is 5.34. The first-order valence-corrected chi connectivity index (χ1v) is 7.07. The number of fused-ring (bicyclic) bond motifs is 2. The van der Waals surface area contributed by atoms with Gasteiger partial charge in [0.2, 0.25) is 0 Å². The summed E-state index contributed by atoms with van der Waals surface area (Å²) in [5, 5.41) is 0. The van der Waals surface area contributed by atoms with Crippen LogP contribution in [0, 0.1) is 0 Å². The van der Waals surface area contributed by atoms with E-state index < -0.39 is 0 Å². The maximum Gasteiger partial charge on any atom is 0.0239 e. The number of halogens is 1. The standard InChI is InChI=1S/C11H20IN3/c1-13-10-6-11(13)8-14(7-10)9-2-4-15(12)5-3-9/h9-11H,2-8H2,1H3. The molecule has 4 fully saturated rings. The molecule has 4 heterocycles. The molecule has 4 aliphatic rings. The number of nitrogens with zero attached hydrogens (tertiary/aromatic N) is 3. The van der Waals surface area contributed by atoms with Crippen molar-refractivity contribution in [3.63, 3.8) is 0 Å². The molecule has 4 aliphatic heterocycles. The van der Waals surface area contributed by atoms with Crippen LogP contribution in [0.1, 0.15) is 19.3 Å². The molecule has 0 radical (unpaired) electrons. The highest BCUT2D eigenvalue weighted by Crippen LogP contribution is 2.33. The highest BCUT2D eigenvalue weighted by atomic mass is 127. The Morgan fingerprint density at radius 2 is 1.60 bits per heavy atom. The van der Waals surface area contributed by atoms with E-state index in [9.17, 15) is 0 Å². The molecule has 3 nitrogen and oxygen atoms in total. The molecule has 4 heteroatoms. The van der Waals surface area contributed by atoms with Crippen LogP contribution in [0.25, 0.3) is 0 Å². The molecule has 0 amide bonds. The van der Waals surface area contributed by atoms with Gasteiger partial charge in [-0.1, -0.05) is 0 Å². The van der Waals surface area contributed by atoms with Crippen molar-refractivity contribution in [3.05, 3.63) is 0 Å². The average Bonchev–Trinajstić information content (AvgIpc) is 2.29. The highest BCUT2D eigenvalue weighted by Gasteiger charge is 2.43. The van der Waals surface area contributed by atoms with Gasteiger partial charge in [-0.3, -0.25) is 9.80 Å². The van der Waals surface area contributed by atoms with Crippen molar-refractivity contribution in [2.45, 2.75) is 37.4 Å². The normalized spacial score (nSPS) is 40.4. The zero-order valence-electron chi connectivity index (χ0n) is 9.40. The van der Waals surface area contributed by atoms with Crippen LogP contribution in [0.3, 0.4) is 0 Å². The number of rotatable bonds is 1. The van der Waals surface area contributed by atoms with Crippen LogP contribution in [-0.2, 0) is 0 Å². The molecule has 0 aromatic carbocycles. The van der Waals surface area contributed by atoms with E-state index in [1.807, 2.05) is 0 Å². The zero-order chi connectivity index (χ0) is 10.4. The summed E-state index contributed by atoms with van der Waals surface area (Å²) in [5.74, 6) is 0. The second-order valence-corrected chi connectivity index (χ2v) is 6.67. The van der Waals surface area contributed by atoms with Gasteiger partial charge in [0.05, 0.1) is 0 Å². The monoisotopic (exact) mass is 321 g/mol. The lowest BCUT2D eigenvalue weighted by Gasteiger charge is -2.57. The van der Waals surface area contributed by atoms with Crippen LogP contribution < -0.4 is 0 Å². The van der Waals surface area contributed by atoms with Gasteiger partial charge in [0.1, 0.15) is 0 Å². The van der Waals surface area contributed by atoms with Crippen molar-refractivity contribution < 1.29 is 0 Å². The quantitative estimate of drug-likeness (QED) is 0.531. The Morgan fingerprint density at radius 3 is 2.13 bits per heavy atom. The number of piperazine rings is 1. The van der Waals surface area contributed by atoms with E-state index in [-0.39, 0.29) is 0 Å². The molecular weight excluding hydrogens is 301 g/mol. The summed E-state index contributed by atoms with van der Waals surface area (Å²) in [7, 11) is 2.30. The lowest BCUT2D eigenvalue weighted by atomic mass is 9.86. The first kappa shape index (κ1) is 10.7. The summed E-state index contributed by atoms with van der Waals surface area (Å²) >= 11 is 2.46. The van der Waals surface area contributed by atoms with Crippen molar-refractivity contribution in [2.24, 2.45) is 0 Å². The van der Waals surface area contributed by atoms with Crippen LogP contribution in [0.2, 0.25) is 0 Å². The van der Waals surface area contributed by atoms with E-state index in [4.69, 9.17) is 0 Å². The molecule has 0 spiro atoms. The molecule has 0 aromatic rings. The maximum atomic E-state index is 2.77. The number of piperidine rings is 2. The predicted molar refractivity (Wildman–Crippen MR) is 70.1 cm³/mol. The molecule has 0 saturated carbocycles. The third-order valence-corrected chi connectivity index (χ3v) is 5.48. The van der Waals surface area contributed by atoms with Gasteiger partial charge in [-0.2, -0.15) is 0 Å². The molecule has 0 aromatic heterocycles. The Balaban J connectivity index is 1.56. The van der Waals surface area contributed by atoms with Crippen molar-refractivity contribution in [1.29, 1.82) is 0 Å². The molecule has 86 valence electrons. The Labute approximate surface area is 106 Å². The summed E-state index contributed by atoms with van der Waals surface area (Å²) in [6.45, 7) is 5.23. The molecule has 0 aliphatic carbocycles. The molecule has 2 unspecified atom stereocenters. The van der Waals surface area contributed by atoms with Gasteiger partial charge in [0.25, 0.3) is 0 Å². The zero-order valence-corrected chi connectivity index (χ0v) is 11.6. The number of hydrogen-bond donors (Lipinski definition) is 0. The summed E-state index contributed by atoms with van der Waals surface area (Å²) in [6.07, 6.45) is 4.22. The fraction of sp³-hybridized carbons (Fsp3) is 1.00. The average molecular weight is 321 g/mol. The molecule has 0 N–H and O–H groups in total. The second kappa shape index (κ2) is 4.13. The molecule has 2 atom stereocenters. The van der Waals surface area contributed by atoms with Gasteiger partial charge < -0.3 is 0 Å². The Bertz CT molecular complexity index is 228. The van der Waals surface area contributed by atoms with Crippen LogP contribution in [-0.4, -0.2) is 64.3 Å². The van der Waals surface area contributed by atoms with Crippen molar-refractivity contribution in [3.8, 4) is 0 Å². The topological polar surface area (TPSA) is 9.72 Å². The van der Waals surface area contributed by atoms with Gasteiger partial charge >= 0.3 is 0 Å². The third-order valence-electron chi connectivity index (χ3n) is 4.51. The summed E-state index contributed by atoms with van der Waals surface area (Å²) in [6, 6.07) is 2.64. The lowest BCUT2D eigenvalue weighted by molar-refractivity contribution is -0.0702. The van der Waals surface area contributed by atoms with E-state index in [0.29, 0.717) is 0 Å². The van der Waals surface area contributed by atoms with Crippen LogP contribution >= 0.6 is 22.9 Å². The Morgan fingerprint density at radius 1 is 1.00 bits per heavy atom. The van der Waals surface area contributed by atoms with Gasteiger partial charge in [0, 0.05) is 67.2 Å². The smallest absolute Gasteiger partial charge is 0.0239 e. The Kier molecular flexibility index (Phi) is 2.96. The van der Waals surface area contributed by atoms with Gasteiger partial charge in [-0.05, 0) is 26.3 Å². The van der Waals surface area contributed by atoms with Gasteiger partial charge in [-0.15, -0.1) is 0 Å². The van der Waals surface area contributed by atoms with Gasteiger partial charge in [-0.25, -0.2) is 3.11 Å². The van der Waals surface area contributed by atoms with E-state index in [0.717, 1.165) is 18.1 Å². The fourth-order valence-electron chi connectivity index (χ4n) is 3.33. The summed E-state index contributed by atoms with van der Waals surface area (Å²) < 4.78 is 2.44. The largest absolute Gasteiger partial charge is 0.298 e. The molecule has 2 bridgehead atoms. The SMILES string of the molecule is CN1C2CC1CN(C1CCN(I)CC1)C2. The summed E-state index contributed by atoms with van der Waals surface area (Å²) in [5.41, 5.74) is 0. The molecule has 15 heavy (non-hydrogen) atoms. The minimum absolute atomic E-state index is 0.876. The van der Waals surface area contributed by atoms with Crippen molar-refractivity contribution in [1.82, 2.24) is 12.9 Å². The molecule has 4 saturated heterocycles. The first-order chi connectivity index (χ1) is 7.24. The van der Waals surface area contributed by atoms with Crippen molar-refractivity contribution >= 4 is 22.9 Å². The van der Waals surface area contributed by atoms with Crippen LogP contribution in [0.4, 0.5) is 0 Å². The Hall–Kier alpha value is 0.610. The minimum atomic E-state index is 0.876. The minimum Gasteiger partial charge on any atom is -0.298 e. The predicted octanol–water partition coefficient (Wildman–Crippen LogP) is 1.19. The maximum absolute atomic E-state index is 2.77. The fourth-order valence-corrected chi connectivity index (χ4v) is 3.88. The van der Waals surface area contributed by atoms with Crippen LogP contribution in [0.5, 0.6) is 0 Å². The van der Waals surface area contributed by atoms with Crippen LogP contribution in [0.15, 0.2) is 0 Å². The van der Waals surface area contributed by atoms with Gasteiger partial charge in [0.15, 0.2) is 0 Å². The second-order valence-electron chi connectivity index (χ2n) is 5.30. The molecule has 4 rings (SSSR count). The van der Waals surface area contributed by atoms with E-state index in [1.165, 1.54) is 45.4 Å². The highest BCUT2D eigenvalue weighted by molar-refractivity contribution is 14.1.